The molecule has 0 heterocycles. The first kappa shape index (κ1) is 17.8. The number of carbonyl (C=O) groups is 1. The SMILES string of the molecule is CCCC(CCC)C(=O)NCC(C)(C)CCCCl. The van der Waals surface area contributed by atoms with Crippen LogP contribution >= 0.6 is 11.6 Å². The van der Waals surface area contributed by atoms with Crippen molar-refractivity contribution in [3.05, 3.63) is 0 Å². The van der Waals surface area contributed by atoms with Crippen LogP contribution in [-0.4, -0.2) is 18.3 Å². The molecule has 0 radical (unpaired) electrons. The highest BCUT2D eigenvalue weighted by Crippen LogP contribution is 2.22. The first-order valence-electron chi connectivity index (χ1n) is 7.30. The molecule has 0 spiro atoms. The van der Waals surface area contributed by atoms with Crippen LogP contribution in [0.1, 0.15) is 66.2 Å². The smallest absolute Gasteiger partial charge is 0.223 e. The van der Waals surface area contributed by atoms with E-state index in [1.54, 1.807) is 0 Å². The maximum Gasteiger partial charge on any atom is 0.223 e. The van der Waals surface area contributed by atoms with Crippen molar-refractivity contribution >= 4 is 17.5 Å². The Balaban J connectivity index is 4.12. The molecule has 0 aromatic carbocycles. The Labute approximate surface area is 118 Å². The molecule has 0 saturated heterocycles. The minimum atomic E-state index is 0.146. The van der Waals surface area contributed by atoms with Gasteiger partial charge in [-0.05, 0) is 31.1 Å². The van der Waals surface area contributed by atoms with Crippen molar-refractivity contribution in [3.63, 3.8) is 0 Å². The van der Waals surface area contributed by atoms with Gasteiger partial charge in [0.1, 0.15) is 0 Å². The van der Waals surface area contributed by atoms with E-state index in [0.717, 1.165) is 45.1 Å². The van der Waals surface area contributed by atoms with Gasteiger partial charge in [0.15, 0.2) is 0 Å². The molecular weight excluding hydrogens is 246 g/mol. The second kappa shape index (κ2) is 9.66. The molecule has 0 aliphatic heterocycles. The van der Waals surface area contributed by atoms with Crippen molar-refractivity contribution in [2.75, 3.05) is 12.4 Å². The fourth-order valence-corrected chi connectivity index (χ4v) is 2.34. The van der Waals surface area contributed by atoms with E-state index in [1.807, 2.05) is 0 Å². The molecule has 0 saturated carbocycles. The summed E-state index contributed by atoms with van der Waals surface area (Å²) in [4.78, 5) is 12.1. The molecule has 0 bridgehead atoms. The van der Waals surface area contributed by atoms with Gasteiger partial charge in [0.05, 0.1) is 0 Å². The largest absolute Gasteiger partial charge is 0.355 e. The number of carbonyl (C=O) groups excluding carboxylic acids is 1. The Kier molecular flexibility index (Phi) is 9.53. The molecule has 1 N–H and O–H groups in total. The average molecular weight is 276 g/mol. The van der Waals surface area contributed by atoms with Crippen LogP contribution in [0, 0.1) is 11.3 Å². The quantitative estimate of drug-likeness (QED) is 0.590. The van der Waals surface area contributed by atoms with E-state index in [-0.39, 0.29) is 17.2 Å². The minimum absolute atomic E-state index is 0.146. The molecule has 1 amide bonds. The Morgan fingerprint density at radius 3 is 2.22 bits per heavy atom. The molecule has 18 heavy (non-hydrogen) atoms. The van der Waals surface area contributed by atoms with Crippen LogP contribution in [0.15, 0.2) is 0 Å². The summed E-state index contributed by atoms with van der Waals surface area (Å²) in [7, 11) is 0. The van der Waals surface area contributed by atoms with Crippen LogP contribution in [0.3, 0.4) is 0 Å². The number of amides is 1. The van der Waals surface area contributed by atoms with Gasteiger partial charge in [0.2, 0.25) is 5.91 Å². The molecule has 2 nitrogen and oxygen atoms in total. The molecule has 0 aliphatic carbocycles. The standard InChI is InChI=1S/C15H30ClNO/c1-5-8-13(9-6-2)14(18)17-12-15(3,4)10-7-11-16/h13H,5-12H2,1-4H3,(H,17,18). The maximum absolute atomic E-state index is 12.1. The Morgan fingerprint density at radius 1 is 1.22 bits per heavy atom. The topological polar surface area (TPSA) is 29.1 Å². The molecule has 0 aromatic heterocycles. The summed E-state index contributed by atoms with van der Waals surface area (Å²) in [5.41, 5.74) is 0.146. The predicted molar refractivity (Wildman–Crippen MR) is 80.1 cm³/mol. The highest BCUT2D eigenvalue weighted by Gasteiger charge is 2.21. The summed E-state index contributed by atoms with van der Waals surface area (Å²) in [6.07, 6.45) is 6.23. The number of alkyl halides is 1. The lowest BCUT2D eigenvalue weighted by Gasteiger charge is -2.26. The highest BCUT2D eigenvalue weighted by atomic mass is 35.5. The summed E-state index contributed by atoms with van der Waals surface area (Å²) in [6, 6.07) is 0. The van der Waals surface area contributed by atoms with Gasteiger partial charge in [-0.3, -0.25) is 4.79 Å². The predicted octanol–water partition coefficient (Wildman–Crippen LogP) is 4.36. The fraction of sp³-hybridized carbons (Fsp3) is 0.933. The average Bonchev–Trinajstić information content (AvgIpc) is 2.33. The number of rotatable bonds is 10. The van der Waals surface area contributed by atoms with E-state index in [1.165, 1.54) is 0 Å². The lowest BCUT2D eigenvalue weighted by Crippen LogP contribution is -2.37. The second-order valence-corrected chi connectivity index (χ2v) is 6.33. The monoisotopic (exact) mass is 275 g/mol. The van der Waals surface area contributed by atoms with Gasteiger partial charge in [0, 0.05) is 18.3 Å². The first-order chi connectivity index (χ1) is 8.46. The number of hydrogen-bond donors (Lipinski definition) is 1. The van der Waals surface area contributed by atoms with Gasteiger partial charge in [0.25, 0.3) is 0 Å². The number of halogens is 1. The van der Waals surface area contributed by atoms with Crippen LogP contribution in [0.25, 0.3) is 0 Å². The van der Waals surface area contributed by atoms with Crippen molar-refractivity contribution in [1.82, 2.24) is 5.32 Å². The van der Waals surface area contributed by atoms with E-state index < -0.39 is 0 Å². The minimum Gasteiger partial charge on any atom is -0.355 e. The molecule has 0 aliphatic rings. The molecule has 3 heteroatoms. The summed E-state index contributed by atoms with van der Waals surface area (Å²) < 4.78 is 0. The van der Waals surface area contributed by atoms with Gasteiger partial charge >= 0.3 is 0 Å². The summed E-state index contributed by atoms with van der Waals surface area (Å²) in [6.45, 7) is 9.41. The Hall–Kier alpha value is -0.240. The number of nitrogens with one attached hydrogen (secondary N) is 1. The number of hydrogen-bond acceptors (Lipinski definition) is 1. The van der Waals surface area contributed by atoms with Crippen LogP contribution in [0.2, 0.25) is 0 Å². The molecule has 0 fully saturated rings. The zero-order valence-corrected chi connectivity index (χ0v) is 13.3. The molecule has 0 unspecified atom stereocenters. The summed E-state index contributed by atoms with van der Waals surface area (Å²) in [5, 5.41) is 3.12. The van der Waals surface area contributed by atoms with Crippen LogP contribution in [0.4, 0.5) is 0 Å². The van der Waals surface area contributed by atoms with Crippen LogP contribution < -0.4 is 5.32 Å². The molecule has 0 aromatic rings. The first-order valence-corrected chi connectivity index (χ1v) is 7.84. The highest BCUT2D eigenvalue weighted by molar-refractivity contribution is 6.17. The maximum atomic E-state index is 12.1. The lowest BCUT2D eigenvalue weighted by molar-refractivity contribution is -0.125. The van der Waals surface area contributed by atoms with Gasteiger partial charge in [-0.2, -0.15) is 0 Å². The van der Waals surface area contributed by atoms with E-state index in [2.05, 4.69) is 33.0 Å². The van der Waals surface area contributed by atoms with Crippen LogP contribution in [0.5, 0.6) is 0 Å². The van der Waals surface area contributed by atoms with E-state index in [0.29, 0.717) is 5.88 Å². The molecule has 108 valence electrons. The van der Waals surface area contributed by atoms with Crippen molar-refractivity contribution in [1.29, 1.82) is 0 Å². The zero-order chi connectivity index (χ0) is 14.0. The van der Waals surface area contributed by atoms with E-state index >= 15 is 0 Å². The van der Waals surface area contributed by atoms with Crippen molar-refractivity contribution < 1.29 is 4.79 Å². The third kappa shape index (κ3) is 7.97. The lowest BCUT2D eigenvalue weighted by atomic mass is 9.87. The fourth-order valence-electron chi connectivity index (χ4n) is 2.21. The molecular formula is C15H30ClNO. The van der Waals surface area contributed by atoms with Gasteiger partial charge in [-0.1, -0.05) is 40.5 Å². The Bertz CT molecular complexity index is 223. The molecule has 0 atom stereocenters. The van der Waals surface area contributed by atoms with Crippen molar-refractivity contribution in [2.45, 2.75) is 66.2 Å². The van der Waals surface area contributed by atoms with E-state index in [9.17, 15) is 4.79 Å². The van der Waals surface area contributed by atoms with Gasteiger partial charge < -0.3 is 5.32 Å². The van der Waals surface area contributed by atoms with Crippen LogP contribution in [-0.2, 0) is 4.79 Å². The molecule has 0 rings (SSSR count). The van der Waals surface area contributed by atoms with Crippen molar-refractivity contribution in [2.24, 2.45) is 11.3 Å². The zero-order valence-electron chi connectivity index (χ0n) is 12.5. The second-order valence-electron chi connectivity index (χ2n) is 5.95. The summed E-state index contributed by atoms with van der Waals surface area (Å²) in [5.74, 6) is 1.13. The third-order valence-electron chi connectivity index (χ3n) is 3.37. The van der Waals surface area contributed by atoms with Gasteiger partial charge in [-0.15, -0.1) is 11.6 Å². The normalized spacial score (nSPS) is 11.9. The van der Waals surface area contributed by atoms with E-state index in [4.69, 9.17) is 11.6 Å². The van der Waals surface area contributed by atoms with Gasteiger partial charge in [-0.25, -0.2) is 0 Å². The van der Waals surface area contributed by atoms with Crippen molar-refractivity contribution in [3.8, 4) is 0 Å². The third-order valence-corrected chi connectivity index (χ3v) is 3.64. The Morgan fingerprint density at radius 2 is 1.78 bits per heavy atom. The summed E-state index contributed by atoms with van der Waals surface area (Å²) >= 11 is 5.72.